The molecule has 0 saturated heterocycles. The molecule has 0 radical (unpaired) electrons. The number of hydrogen-bond acceptors (Lipinski definition) is 3. The van der Waals surface area contributed by atoms with Gasteiger partial charge in [-0.3, -0.25) is 0 Å². The summed E-state index contributed by atoms with van der Waals surface area (Å²) in [5.74, 6) is 1.13. The third kappa shape index (κ3) is 2.16. The van der Waals surface area contributed by atoms with Gasteiger partial charge in [-0.2, -0.15) is 0 Å². The molecule has 1 aliphatic carbocycles. The fraction of sp³-hybridized carbons (Fsp3) is 0.500. The number of rotatable bonds is 2. The molecule has 0 N–H and O–H groups in total. The lowest BCUT2D eigenvalue weighted by Crippen LogP contribution is -2.41. The molecule has 0 aliphatic heterocycles. The predicted molar refractivity (Wildman–Crippen MR) is 83.0 cm³/mol. The highest BCUT2D eigenvalue weighted by atomic mass is 79.9. The van der Waals surface area contributed by atoms with Gasteiger partial charge in [0, 0.05) is 34.2 Å². The van der Waals surface area contributed by atoms with Crippen LogP contribution in [-0.2, 0) is 0 Å². The molecule has 4 heteroatoms. The Morgan fingerprint density at radius 3 is 3.00 bits per heavy atom. The van der Waals surface area contributed by atoms with Crippen molar-refractivity contribution in [1.82, 2.24) is 4.98 Å². The minimum absolute atomic E-state index is 0.566. The van der Waals surface area contributed by atoms with Gasteiger partial charge in [0.2, 0.25) is 0 Å². The second-order valence-corrected chi connectivity index (χ2v) is 7.07. The number of nitrogens with zero attached hydrogens (tertiary/aromatic N) is 2. The Bertz CT molecular complexity index is 539. The van der Waals surface area contributed by atoms with Crippen LogP contribution in [0.25, 0.3) is 10.1 Å². The SMILES string of the molecule is CN(c1nccc2sccc12)C1CCCCC1Br. The Balaban J connectivity index is 1.95. The molecule has 0 aromatic carbocycles. The van der Waals surface area contributed by atoms with Crippen LogP contribution in [0.1, 0.15) is 25.7 Å². The van der Waals surface area contributed by atoms with Gasteiger partial charge in [-0.25, -0.2) is 4.98 Å². The van der Waals surface area contributed by atoms with E-state index in [2.05, 4.69) is 50.4 Å². The molecule has 3 rings (SSSR count). The molecule has 18 heavy (non-hydrogen) atoms. The van der Waals surface area contributed by atoms with Crippen molar-refractivity contribution in [1.29, 1.82) is 0 Å². The van der Waals surface area contributed by atoms with Gasteiger partial charge in [-0.15, -0.1) is 11.3 Å². The average Bonchev–Trinajstić information content (AvgIpc) is 2.86. The maximum absolute atomic E-state index is 4.60. The van der Waals surface area contributed by atoms with Crippen molar-refractivity contribution in [2.45, 2.75) is 36.6 Å². The summed E-state index contributed by atoms with van der Waals surface area (Å²) in [4.78, 5) is 7.56. The maximum atomic E-state index is 4.60. The molecule has 2 heterocycles. The minimum Gasteiger partial charge on any atom is -0.355 e. The van der Waals surface area contributed by atoms with Gasteiger partial charge in [0.15, 0.2) is 0 Å². The van der Waals surface area contributed by atoms with E-state index in [-0.39, 0.29) is 0 Å². The average molecular weight is 325 g/mol. The molecule has 96 valence electrons. The molecule has 0 amide bonds. The highest BCUT2D eigenvalue weighted by molar-refractivity contribution is 9.09. The van der Waals surface area contributed by atoms with E-state index in [4.69, 9.17) is 0 Å². The minimum atomic E-state index is 0.566. The first kappa shape index (κ1) is 12.4. The first-order valence-electron chi connectivity index (χ1n) is 6.46. The zero-order valence-corrected chi connectivity index (χ0v) is 12.9. The maximum Gasteiger partial charge on any atom is 0.137 e. The molecule has 0 bridgehead atoms. The Kier molecular flexibility index (Phi) is 3.57. The lowest BCUT2D eigenvalue weighted by Gasteiger charge is -2.36. The number of thiophene rings is 1. The quantitative estimate of drug-likeness (QED) is 0.759. The third-order valence-electron chi connectivity index (χ3n) is 3.84. The van der Waals surface area contributed by atoms with Crippen LogP contribution in [0, 0.1) is 0 Å². The number of hydrogen-bond donors (Lipinski definition) is 0. The zero-order chi connectivity index (χ0) is 12.5. The second-order valence-electron chi connectivity index (χ2n) is 4.95. The van der Waals surface area contributed by atoms with Crippen LogP contribution >= 0.6 is 27.3 Å². The fourth-order valence-electron chi connectivity index (χ4n) is 2.82. The van der Waals surface area contributed by atoms with Gasteiger partial charge in [0.05, 0.1) is 0 Å². The summed E-state index contributed by atoms with van der Waals surface area (Å²) in [5.41, 5.74) is 0. The molecular weight excluding hydrogens is 308 g/mol. The van der Waals surface area contributed by atoms with Crippen molar-refractivity contribution < 1.29 is 0 Å². The summed E-state index contributed by atoms with van der Waals surface area (Å²) in [6.45, 7) is 0. The van der Waals surface area contributed by atoms with Crippen LogP contribution in [0.2, 0.25) is 0 Å². The van der Waals surface area contributed by atoms with Crippen molar-refractivity contribution in [2.75, 3.05) is 11.9 Å². The van der Waals surface area contributed by atoms with E-state index in [0.29, 0.717) is 10.9 Å². The van der Waals surface area contributed by atoms with Gasteiger partial charge >= 0.3 is 0 Å². The lowest BCUT2D eigenvalue weighted by molar-refractivity contribution is 0.443. The Labute approximate surface area is 120 Å². The Morgan fingerprint density at radius 1 is 1.33 bits per heavy atom. The predicted octanol–water partition coefficient (Wildman–Crippen LogP) is 4.44. The first-order valence-corrected chi connectivity index (χ1v) is 8.26. The van der Waals surface area contributed by atoms with Crippen molar-refractivity contribution in [3.63, 3.8) is 0 Å². The van der Waals surface area contributed by atoms with Gasteiger partial charge in [0.1, 0.15) is 5.82 Å². The van der Waals surface area contributed by atoms with Crippen LogP contribution in [0.3, 0.4) is 0 Å². The second kappa shape index (κ2) is 5.17. The van der Waals surface area contributed by atoms with Crippen LogP contribution in [0.5, 0.6) is 0 Å². The lowest BCUT2D eigenvalue weighted by atomic mass is 9.94. The van der Waals surface area contributed by atoms with Crippen molar-refractivity contribution in [3.8, 4) is 0 Å². The number of halogens is 1. The van der Waals surface area contributed by atoms with Crippen LogP contribution in [0.4, 0.5) is 5.82 Å². The van der Waals surface area contributed by atoms with Crippen molar-refractivity contribution >= 4 is 43.2 Å². The van der Waals surface area contributed by atoms with E-state index in [1.807, 2.05) is 6.20 Å². The molecule has 2 aromatic heterocycles. The highest BCUT2D eigenvalue weighted by Crippen LogP contribution is 2.34. The molecule has 2 unspecified atom stereocenters. The first-order chi connectivity index (χ1) is 8.77. The van der Waals surface area contributed by atoms with Gasteiger partial charge < -0.3 is 4.90 Å². The number of aromatic nitrogens is 1. The van der Waals surface area contributed by atoms with Crippen molar-refractivity contribution in [2.24, 2.45) is 0 Å². The molecule has 1 saturated carbocycles. The normalized spacial score (nSPS) is 24.3. The van der Waals surface area contributed by atoms with Gasteiger partial charge in [-0.05, 0) is 30.4 Å². The summed E-state index contributed by atoms with van der Waals surface area (Å²) >= 11 is 5.63. The highest BCUT2D eigenvalue weighted by Gasteiger charge is 2.27. The number of anilines is 1. The summed E-state index contributed by atoms with van der Waals surface area (Å²) in [6, 6.07) is 4.85. The zero-order valence-electron chi connectivity index (χ0n) is 10.5. The number of pyridine rings is 1. The van der Waals surface area contributed by atoms with Crippen LogP contribution in [0.15, 0.2) is 23.7 Å². The molecule has 1 aliphatic rings. The third-order valence-corrected chi connectivity index (χ3v) is 5.79. The van der Waals surface area contributed by atoms with Crippen LogP contribution < -0.4 is 4.90 Å². The summed E-state index contributed by atoms with van der Waals surface area (Å²) in [7, 11) is 2.18. The summed E-state index contributed by atoms with van der Waals surface area (Å²) < 4.78 is 1.33. The van der Waals surface area contributed by atoms with E-state index >= 15 is 0 Å². The summed E-state index contributed by atoms with van der Waals surface area (Å²) in [5, 5.41) is 3.44. The van der Waals surface area contributed by atoms with E-state index in [0.717, 1.165) is 5.82 Å². The Hall–Kier alpha value is -0.610. The van der Waals surface area contributed by atoms with E-state index in [9.17, 15) is 0 Å². The number of alkyl halides is 1. The van der Waals surface area contributed by atoms with Gasteiger partial charge in [0.25, 0.3) is 0 Å². The monoisotopic (exact) mass is 324 g/mol. The Morgan fingerprint density at radius 2 is 2.17 bits per heavy atom. The number of fused-ring (bicyclic) bond motifs is 1. The molecular formula is C14H17BrN2S. The topological polar surface area (TPSA) is 16.1 Å². The molecule has 2 aromatic rings. The summed E-state index contributed by atoms with van der Waals surface area (Å²) in [6.07, 6.45) is 7.13. The largest absolute Gasteiger partial charge is 0.355 e. The fourth-order valence-corrected chi connectivity index (χ4v) is 4.54. The van der Waals surface area contributed by atoms with E-state index in [1.165, 1.54) is 35.8 Å². The van der Waals surface area contributed by atoms with Gasteiger partial charge in [-0.1, -0.05) is 28.8 Å². The molecule has 2 nitrogen and oxygen atoms in total. The van der Waals surface area contributed by atoms with Crippen molar-refractivity contribution in [3.05, 3.63) is 23.7 Å². The smallest absolute Gasteiger partial charge is 0.137 e. The van der Waals surface area contributed by atoms with E-state index in [1.54, 1.807) is 11.3 Å². The van der Waals surface area contributed by atoms with E-state index < -0.39 is 0 Å². The molecule has 2 atom stereocenters. The molecule has 1 fully saturated rings. The standard InChI is InChI=1S/C14H17BrN2S/c1-17(12-5-3-2-4-11(12)15)14-10-7-9-18-13(10)6-8-16-14/h6-9,11-12H,2-5H2,1H3. The molecule has 0 spiro atoms. The van der Waals surface area contributed by atoms with Crippen LogP contribution in [-0.4, -0.2) is 22.9 Å².